The van der Waals surface area contributed by atoms with Gasteiger partial charge in [0.2, 0.25) is 5.95 Å². The Morgan fingerprint density at radius 1 is 0.784 bits per heavy atom. The van der Waals surface area contributed by atoms with Crippen LogP contribution in [0, 0.1) is 35.5 Å². The summed E-state index contributed by atoms with van der Waals surface area (Å²) in [5, 5.41) is 12.7. The summed E-state index contributed by atoms with van der Waals surface area (Å²) in [7, 11) is 0. The summed E-state index contributed by atoms with van der Waals surface area (Å²) in [5.74, 6) is 3.84. The molecule has 0 bridgehead atoms. The van der Waals surface area contributed by atoms with E-state index in [0.717, 1.165) is 49.8 Å². The number of rotatable bonds is 9. The molecule has 2 N–H and O–H groups in total. The van der Waals surface area contributed by atoms with Crippen molar-refractivity contribution < 1.29 is 14.6 Å². The summed E-state index contributed by atoms with van der Waals surface area (Å²) < 4.78 is 13.0. The molecule has 2 aromatic rings. The van der Waals surface area contributed by atoms with Crippen LogP contribution in [-0.4, -0.2) is 32.3 Å². The molecule has 204 valence electrons. The van der Waals surface area contributed by atoms with Gasteiger partial charge < -0.3 is 19.9 Å². The normalized spacial score (nSPS) is 28.4. The first-order chi connectivity index (χ1) is 17.7. The number of benzene rings is 1. The third-order valence-electron chi connectivity index (χ3n) is 8.41. The second-order valence-electron chi connectivity index (χ2n) is 12.2. The molecule has 2 aliphatic carbocycles. The van der Waals surface area contributed by atoms with Gasteiger partial charge in [0.25, 0.3) is 0 Å². The van der Waals surface area contributed by atoms with Gasteiger partial charge in [-0.1, -0.05) is 53.7 Å². The van der Waals surface area contributed by atoms with E-state index >= 15 is 0 Å². The number of aromatic nitrogens is 3. The van der Waals surface area contributed by atoms with Crippen molar-refractivity contribution in [3.8, 4) is 12.0 Å². The zero-order valence-electron chi connectivity index (χ0n) is 23.5. The van der Waals surface area contributed by atoms with Crippen molar-refractivity contribution in [1.29, 1.82) is 0 Å². The first kappa shape index (κ1) is 27.6. The molecule has 0 aliphatic heterocycles. The van der Waals surface area contributed by atoms with Gasteiger partial charge in [-0.15, -0.1) is 4.98 Å². The highest BCUT2D eigenvalue weighted by Gasteiger charge is 2.35. The highest BCUT2D eigenvalue weighted by atomic mass is 16.5. The first-order valence-corrected chi connectivity index (χ1v) is 14.3. The Labute approximate surface area is 222 Å². The van der Waals surface area contributed by atoms with Gasteiger partial charge in [0, 0.05) is 5.69 Å². The lowest BCUT2D eigenvalue weighted by atomic mass is 9.75. The van der Waals surface area contributed by atoms with E-state index in [0.29, 0.717) is 53.5 Å². The smallest absolute Gasteiger partial charge is 0.324 e. The molecule has 0 radical (unpaired) electrons. The largest absolute Gasteiger partial charge is 0.460 e. The maximum atomic E-state index is 9.37. The topological polar surface area (TPSA) is 89.4 Å². The van der Waals surface area contributed by atoms with Crippen LogP contribution in [0.25, 0.3) is 0 Å². The number of hydrogen-bond acceptors (Lipinski definition) is 7. The van der Waals surface area contributed by atoms with Crippen molar-refractivity contribution in [3.05, 3.63) is 29.8 Å². The Morgan fingerprint density at radius 3 is 1.70 bits per heavy atom. The van der Waals surface area contributed by atoms with Gasteiger partial charge in [-0.05, 0) is 91.7 Å². The van der Waals surface area contributed by atoms with E-state index < -0.39 is 0 Å². The monoisotopic (exact) mass is 510 g/mol. The zero-order chi connectivity index (χ0) is 26.5. The molecule has 6 unspecified atom stereocenters. The van der Waals surface area contributed by atoms with Crippen LogP contribution in [0.1, 0.15) is 85.6 Å². The Bertz CT molecular complexity index is 945. The van der Waals surface area contributed by atoms with Crippen molar-refractivity contribution >= 4 is 11.6 Å². The van der Waals surface area contributed by atoms with E-state index in [4.69, 9.17) is 9.47 Å². The molecular weight excluding hydrogens is 464 g/mol. The molecule has 1 heterocycles. The Balaban J connectivity index is 1.60. The number of aliphatic hydroxyl groups excluding tert-OH is 1. The predicted octanol–water partition coefficient (Wildman–Crippen LogP) is 6.79. The van der Waals surface area contributed by atoms with Crippen molar-refractivity contribution in [1.82, 2.24) is 15.0 Å². The molecule has 4 rings (SSSR count). The number of nitrogens with zero attached hydrogens (tertiary/aromatic N) is 3. The highest BCUT2D eigenvalue weighted by Crippen LogP contribution is 2.38. The minimum Gasteiger partial charge on any atom is -0.460 e. The lowest BCUT2D eigenvalue weighted by molar-refractivity contribution is 0.0306. The van der Waals surface area contributed by atoms with Gasteiger partial charge in [0.1, 0.15) is 12.2 Å². The van der Waals surface area contributed by atoms with Crippen molar-refractivity contribution in [2.75, 3.05) is 5.32 Å². The molecule has 0 spiro atoms. The summed E-state index contributed by atoms with van der Waals surface area (Å²) in [4.78, 5) is 14.0. The molecule has 7 nitrogen and oxygen atoms in total. The predicted molar refractivity (Wildman–Crippen MR) is 147 cm³/mol. The summed E-state index contributed by atoms with van der Waals surface area (Å²) in [6.45, 7) is 13.8. The molecule has 2 fully saturated rings. The van der Waals surface area contributed by atoms with Crippen LogP contribution in [0.15, 0.2) is 24.3 Å². The molecule has 1 aromatic heterocycles. The Morgan fingerprint density at radius 2 is 1.27 bits per heavy atom. The summed E-state index contributed by atoms with van der Waals surface area (Å²) in [6.07, 6.45) is 6.82. The quantitative estimate of drug-likeness (QED) is 0.384. The summed E-state index contributed by atoms with van der Waals surface area (Å²) in [6, 6.07) is 8.23. The molecule has 0 saturated heterocycles. The fraction of sp³-hybridized carbons (Fsp3) is 0.700. The van der Waals surface area contributed by atoms with E-state index in [-0.39, 0.29) is 18.8 Å². The van der Waals surface area contributed by atoms with Crippen LogP contribution in [0.4, 0.5) is 11.6 Å². The van der Waals surface area contributed by atoms with Crippen LogP contribution >= 0.6 is 0 Å². The second-order valence-corrected chi connectivity index (χ2v) is 12.2. The maximum absolute atomic E-state index is 9.37. The fourth-order valence-corrected chi connectivity index (χ4v) is 6.08. The van der Waals surface area contributed by atoms with Crippen LogP contribution < -0.4 is 14.8 Å². The lowest BCUT2D eigenvalue weighted by Gasteiger charge is -2.37. The summed E-state index contributed by atoms with van der Waals surface area (Å²) in [5.41, 5.74) is 1.69. The third kappa shape index (κ3) is 7.34. The Hall–Kier alpha value is -2.41. The molecular formula is C30H46N4O3. The molecule has 1 aromatic carbocycles. The van der Waals surface area contributed by atoms with E-state index in [9.17, 15) is 5.11 Å². The number of anilines is 2. The van der Waals surface area contributed by atoms with Gasteiger partial charge in [-0.3, -0.25) is 0 Å². The molecule has 2 saturated carbocycles. The van der Waals surface area contributed by atoms with E-state index in [1.54, 1.807) is 0 Å². The molecule has 2 aliphatic rings. The standard InChI is InChI=1S/C30H46N4O3/c1-18(2)24-15-20(5)7-13-26(24)36-29-32-28(31-23-11-9-22(17-35)10-12-23)33-30(34-29)37-27-14-8-21(6)16-25(27)19(3)4/h9-12,18-21,24-27,35H,7-8,13-17H2,1-6H3,(H,31,32,33,34). The fourth-order valence-electron chi connectivity index (χ4n) is 6.08. The van der Waals surface area contributed by atoms with Crippen LogP contribution in [0.3, 0.4) is 0 Å². The van der Waals surface area contributed by atoms with Crippen LogP contribution in [0.5, 0.6) is 12.0 Å². The second kappa shape index (κ2) is 12.4. The number of ether oxygens (including phenoxy) is 2. The first-order valence-electron chi connectivity index (χ1n) is 14.3. The molecule has 37 heavy (non-hydrogen) atoms. The molecule has 0 amide bonds. The minimum atomic E-state index is 0.00998. The summed E-state index contributed by atoms with van der Waals surface area (Å²) >= 11 is 0. The SMILES string of the molecule is CC1CCC(Oc2nc(Nc3ccc(CO)cc3)nc(OC3CCC(C)CC3C(C)C)n2)C(C(C)C)C1. The van der Waals surface area contributed by atoms with Gasteiger partial charge in [0.05, 0.1) is 6.61 Å². The average molecular weight is 511 g/mol. The average Bonchev–Trinajstić information content (AvgIpc) is 2.86. The molecule has 6 atom stereocenters. The van der Waals surface area contributed by atoms with Crippen molar-refractivity contribution in [3.63, 3.8) is 0 Å². The minimum absolute atomic E-state index is 0.00998. The highest BCUT2D eigenvalue weighted by molar-refractivity contribution is 5.53. The Kier molecular flexibility index (Phi) is 9.27. The zero-order valence-corrected chi connectivity index (χ0v) is 23.5. The van der Waals surface area contributed by atoms with Gasteiger partial charge in [-0.2, -0.15) is 9.97 Å². The number of nitrogens with one attached hydrogen (secondary N) is 1. The third-order valence-corrected chi connectivity index (χ3v) is 8.41. The van der Waals surface area contributed by atoms with Crippen molar-refractivity contribution in [2.24, 2.45) is 35.5 Å². The van der Waals surface area contributed by atoms with E-state index in [1.165, 1.54) is 0 Å². The maximum Gasteiger partial charge on any atom is 0.324 e. The van der Waals surface area contributed by atoms with Gasteiger partial charge >= 0.3 is 12.0 Å². The number of aliphatic hydroxyl groups is 1. The van der Waals surface area contributed by atoms with Crippen molar-refractivity contribution in [2.45, 2.75) is 98.9 Å². The molecule has 7 heteroatoms. The van der Waals surface area contributed by atoms with E-state index in [2.05, 4.69) is 61.8 Å². The lowest BCUT2D eigenvalue weighted by Crippen LogP contribution is -2.37. The number of hydrogen-bond donors (Lipinski definition) is 2. The van der Waals surface area contributed by atoms with Crippen LogP contribution in [0.2, 0.25) is 0 Å². The van der Waals surface area contributed by atoms with Gasteiger partial charge in [0.15, 0.2) is 0 Å². The van der Waals surface area contributed by atoms with Gasteiger partial charge in [-0.25, -0.2) is 0 Å². The van der Waals surface area contributed by atoms with E-state index in [1.807, 2.05) is 24.3 Å². The van der Waals surface area contributed by atoms with Crippen LogP contribution in [-0.2, 0) is 6.61 Å².